The van der Waals surface area contributed by atoms with Gasteiger partial charge in [-0.25, -0.2) is 4.79 Å². The van der Waals surface area contributed by atoms with E-state index in [0.717, 1.165) is 0 Å². The lowest BCUT2D eigenvalue weighted by Crippen LogP contribution is -2.44. The molecule has 0 saturated carbocycles. The Hall–Kier alpha value is -3.68. The first-order chi connectivity index (χ1) is 14.2. The number of hydrogen-bond acceptors (Lipinski definition) is 7. The largest absolute Gasteiger partial charge is 0.504 e. The third-order valence-electron chi connectivity index (χ3n) is 4.42. The Morgan fingerprint density at radius 2 is 1.63 bits per heavy atom. The Kier molecular flexibility index (Phi) is 7.69. The summed E-state index contributed by atoms with van der Waals surface area (Å²) in [6.45, 7) is 2.06. The fraction of sp³-hybridized carbons (Fsp3) is 0.273. The second-order valence-electron chi connectivity index (χ2n) is 6.74. The highest BCUT2D eigenvalue weighted by Gasteiger charge is 2.28. The van der Waals surface area contributed by atoms with E-state index >= 15 is 0 Å². The van der Waals surface area contributed by atoms with Gasteiger partial charge in [-0.15, -0.1) is 0 Å². The minimum atomic E-state index is -0.953. The summed E-state index contributed by atoms with van der Waals surface area (Å²) in [6.07, 6.45) is 3.38. The average Bonchev–Trinajstić information content (AvgIpc) is 2.72. The molecule has 2 aromatic rings. The van der Waals surface area contributed by atoms with Crippen molar-refractivity contribution in [2.75, 3.05) is 13.7 Å². The number of carbonyl (C=O) groups is 2. The second kappa shape index (κ2) is 10.2. The zero-order valence-corrected chi connectivity index (χ0v) is 16.8. The predicted molar refractivity (Wildman–Crippen MR) is 110 cm³/mol. The van der Waals surface area contributed by atoms with Crippen molar-refractivity contribution in [3.63, 3.8) is 0 Å². The van der Waals surface area contributed by atoms with Crippen LogP contribution in [0.4, 0.5) is 0 Å². The lowest BCUT2D eigenvalue weighted by molar-refractivity contribution is -0.153. The van der Waals surface area contributed by atoms with Crippen molar-refractivity contribution >= 4 is 18.0 Å². The van der Waals surface area contributed by atoms with Crippen molar-refractivity contribution in [1.29, 1.82) is 0 Å². The van der Waals surface area contributed by atoms with E-state index in [4.69, 9.17) is 4.74 Å². The molecule has 0 radical (unpaired) electrons. The standard InChI is InChI=1S/C22H25NO7/c1-3-10-30-22(29)16(11-15-5-8-18(25)20(27)13-15)23(2)21(28)9-6-14-4-7-17(24)19(26)12-14/h4-9,12-13,16,24-27H,3,10-11H2,1-2H3/t16-/m1/s1. The van der Waals surface area contributed by atoms with Gasteiger partial charge in [0.25, 0.3) is 0 Å². The number of aromatic hydroxyl groups is 4. The average molecular weight is 415 g/mol. The molecule has 0 bridgehead atoms. The number of likely N-dealkylation sites (N-methyl/N-ethyl adjacent to an activating group) is 1. The molecule has 160 valence electrons. The predicted octanol–water partition coefficient (Wildman–Crippen LogP) is 2.55. The van der Waals surface area contributed by atoms with Crippen LogP contribution in [0.5, 0.6) is 23.0 Å². The Bertz CT molecular complexity index is 939. The van der Waals surface area contributed by atoms with Gasteiger partial charge >= 0.3 is 5.97 Å². The van der Waals surface area contributed by atoms with Crippen LogP contribution in [0.15, 0.2) is 42.5 Å². The van der Waals surface area contributed by atoms with Crippen LogP contribution < -0.4 is 0 Å². The van der Waals surface area contributed by atoms with Crippen LogP contribution >= 0.6 is 0 Å². The summed E-state index contributed by atoms with van der Waals surface area (Å²) in [7, 11) is 1.46. The van der Waals surface area contributed by atoms with Crippen molar-refractivity contribution in [2.24, 2.45) is 0 Å². The van der Waals surface area contributed by atoms with Crippen LogP contribution in [0.1, 0.15) is 24.5 Å². The number of phenolic OH excluding ortho intramolecular Hbond substituents is 4. The summed E-state index contributed by atoms with van der Waals surface area (Å²) in [5.41, 5.74) is 1.02. The van der Waals surface area contributed by atoms with Gasteiger partial charge in [0.2, 0.25) is 5.91 Å². The summed E-state index contributed by atoms with van der Waals surface area (Å²) >= 11 is 0. The fourth-order valence-electron chi connectivity index (χ4n) is 2.68. The van der Waals surface area contributed by atoms with Crippen molar-refractivity contribution in [3.8, 4) is 23.0 Å². The zero-order chi connectivity index (χ0) is 22.3. The third-order valence-corrected chi connectivity index (χ3v) is 4.42. The van der Waals surface area contributed by atoms with Gasteiger partial charge in [0.1, 0.15) is 6.04 Å². The number of benzene rings is 2. The molecular formula is C22H25NO7. The summed E-state index contributed by atoms with van der Waals surface area (Å²) < 4.78 is 5.21. The number of esters is 1. The normalized spacial score (nSPS) is 11.9. The van der Waals surface area contributed by atoms with E-state index in [9.17, 15) is 30.0 Å². The molecule has 0 spiro atoms. The maximum atomic E-state index is 12.6. The number of carbonyl (C=O) groups excluding carboxylic acids is 2. The number of rotatable bonds is 8. The number of amides is 1. The van der Waals surface area contributed by atoms with Crippen molar-refractivity contribution in [1.82, 2.24) is 4.90 Å². The van der Waals surface area contributed by atoms with Gasteiger partial charge in [0.15, 0.2) is 23.0 Å². The van der Waals surface area contributed by atoms with E-state index in [0.29, 0.717) is 17.5 Å². The molecule has 30 heavy (non-hydrogen) atoms. The van der Waals surface area contributed by atoms with E-state index in [2.05, 4.69) is 0 Å². The van der Waals surface area contributed by atoms with Gasteiger partial charge in [-0.3, -0.25) is 4.79 Å². The molecule has 0 saturated heterocycles. The van der Waals surface area contributed by atoms with Crippen LogP contribution in [0, 0.1) is 0 Å². The lowest BCUT2D eigenvalue weighted by Gasteiger charge is -2.26. The summed E-state index contributed by atoms with van der Waals surface area (Å²) in [5.74, 6) is -2.26. The molecule has 0 unspecified atom stereocenters. The first-order valence-corrected chi connectivity index (χ1v) is 9.37. The molecule has 4 N–H and O–H groups in total. The molecule has 0 fully saturated rings. The third kappa shape index (κ3) is 5.91. The Morgan fingerprint density at radius 3 is 2.23 bits per heavy atom. The van der Waals surface area contributed by atoms with E-state index < -0.39 is 17.9 Å². The monoisotopic (exact) mass is 415 g/mol. The highest BCUT2D eigenvalue weighted by molar-refractivity contribution is 5.94. The fourth-order valence-corrected chi connectivity index (χ4v) is 2.68. The van der Waals surface area contributed by atoms with Crippen LogP contribution in [0.3, 0.4) is 0 Å². The highest BCUT2D eigenvalue weighted by atomic mass is 16.5. The SMILES string of the molecule is CCCOC(=O)[C@@H](Cc1ccc(O)c(O)c1)N(C)C(=O)C=Cc1ccc(O)c(O)c1. The molecule has 8 heteroatoms. The molecule has 0 aliphatic rings. The van der Waals surface area contributed by atoms with Crippen LogP contribution in [-0.2, 0) is 20.7 Å². The molecule has 2 rings (SSSR count). The van der Waals surface area contributed by atoms with Crippen molar-refractivity contribution in [3.05, 3.63) is 53.6 Å². The van der Waals surface area contributed by atoms with Gasteiger partial charge in [-0.2, -0.15) is 0 Å². The molecule has 8 nitrogen and oxygen atoms in total. The molecular weight excluding hydrogens is 390 g/mol. The number of ether oxygens (including phenoxy) is 1. The van der Waals surface area contributed by atoms with Crippen LogP contribution in [-0.4, -0.2) is 56.9 Å². The van der Waals surface area contributed by atoms with E-state index in [1.165, 1.54) is 54.4 Å². The zero-order valence-electron chi connectivity index (χ0n) is 16.8. The topological polar surface area (TPSA) is 128 Å². The van der Waals surface area contributed by atoms with Gasteiger partial charge in [0.05, 0.1) is 6.61 Å². The molecule has 0 heterocycles. The van der Waals surface area contributed by atoms with Crippen molar-refractivity contribution in [2.45, 2.75) is 25.8 Å². The Labute approximate surface area is 174 Å². The van der Waals surface area contributed by atoms with E-state index in [1.807, 2.05) is 6.92 Å². The number of nitrogens with zero attached hydrogens (tertiary/aromatic N) is 1. The van der Waals surface area contributed by atoms with E-state index in [1.54, 1.807) is 6.07 Å². The molecule has 1 amide bonds. The second-order valence-corrected chi connectivity index (χ2v) is 6.74. The Balaban J connectivity index is 2.21. The van der Waals surface area contributed by atoms with E-state index in [-0.39, 0.29) is 36.0 Å². The number of phenols is 4. The Morgan fingerprint density at radius 1 is 1.00 bits per heavy atom. The van der Waals surface area contributed by atoms with Crippen LogP contribution in [0.2, 0.25) is 0 Å². The highest BCUT2D eigenvalue weighted by Crippen LogP contribution is 2.27. The van der Waals surface area contributed by atoms with Gasteiger partial charge in [0, 0.05) is 19.5 Å². The van der Waals surface area contributed by atoms with Gasteiger partial charge in [-0.05, 0) is 47.9 Å². The first kappa shape index (κ1) is 22.6. The lowest BCUT2D eigenvalue weighted by atomic mass is 10.0. The van der Waals surface area contributed by atoms with Crippen LogP contribution in [0.25, 0.3) is 6.08 Å². The summed E-state index contributed by atoms with van der Waals surface area (Å²) in [4.78, 5) is 26.4. The number of hydrogen-bond donors (Lipinski definition) is 4. The van der Waals surface area contributed by atoms with Gasteiger partial charge < -0.3 is 30.1 Å². The first-order valence-electron chi connectivity index (χ1n) is 9.37. The summed E-state index contributed by atoms with van der Waals surface area (Å²) in [6, 6.07) is 7.33. The summed E-state index contributed by atoms with van der Waals surface area (Å²) in [5, 5.41) is 38.1. The molecule has 2 aromatic carbocycles. The minimum Gasteiger partial charge on any atom is -0.504 e. The molecule has 1 atom stereocenters. The minimum absolute atomic E-state index is 0.0759. The maximum Gasteiger partial charge on any atom is 0.329 e. The van der Waals surface area contributed by atoms with Gasteiger partial charge in [-0.1, -0.05) is 19.1 Å². The van der Waals surface area contributed by atoms with Crippen molar-refractivity contribution < 1.29 is 34.8 Å². The smallest absolute Gasteiger partial charge is 0.329 e. The molecule has 0 aliphatic heterocycles. The quantitative estimate of drug-likeness (QED) is 0.296. The molecule has 0 aromatic heterocycles. The maximum absolute atomic E-state index is 12.6. The molecule has 0 aliphatic carbocycles.